The quantitative estimate of drug-likeness (QED) is 0.932. The van der Waals surface area contributed by atoms with Gasteiger partial charge >= 0.3 is 0 Å². The van der Waals surface area contributed by atoms with Crippen molar-refractivity contribution in [1.29, 1.82) is 0 Å². The summed E-state index contributed by atoms with van der Waals surface area (Å²) in [5.74, 6) is 0. The Labute approximate surface area is 127 Å². The summed E-state index contributed by atoms with van der Waals surface area (Å²) in [7, 11) is 4.14. The minimum Gasteiger partial charge on any atom is -0.381 e. The Kier molecular flexibility index (Phi) is 4.26. The average Bonchev–Trinajstić information content (AvgIpc) is 2.86. The van der Waals surface area contributed by atoms with Crippen molar-refractivity contribution in [3.8, 4) is 0 Å². The lowest BCUT2D eigenvalue weighted by Gasteiger charge is -2.19. The summed E-state index contributed by atoms with van der Waals surface area (Å²) < 4.78 is 2.00. The van der Waals surface area contributed by atoms with Crippen LogP contribution in [0.2, 0.25) is 0 Å². The second-order valence-corrected chi connectivity index (χ2v) is 6.71. The van der Waals surface area contributed by atoms with Crippen molar-refractivity contribution in [2.75, 3.05) is 24.3 Å². The number of aryl methyl sites for hydroxylation is 1. The standard InChI is InChI=1S/C17H26N4/c1-13-7-8-15(9-16(13)20(5)6)18-10-14-11-19-21(12-14)17(2,3)4/h7-9,11-12,18H,10H2,1-6H3. The maximum absolute atomic E-state index is 4.43. The second kappa shape index (κ2) is 5.80. The van der Waals surface area contributed by atoms with Crippen LogP contribution >= 0.6 is 0 Å². The summed E-state index contributed by atoms with van der Waals surface area (Å²) in [5, 5.41) is 7.90. The smallest absolute Gasteiger partial charge is 0.0543 e. The molecule has 1 aromatic carbocycles. The molecule has 0 saturated heterocycles. The van der Waals surface area contributed by atoms with Gasteiger partial charge in [0.2, 0.25) is 0 Å². The zero-order chi connectivity index (χ0) is 15.6. The third kappa shape index (κ3) is 3.78. The summed E-state index contributed by atoms with van der Waals surface area (Å²) >= 11 is 0. The van der Waals surface area contributed by atoms with Gasteiger partial charge in [0, 0.05) is 43.8 Å². The Morgan fingerprint density at radius 1 is 1.24 bits per heavy atom. The minimum absolute atomic E-state index is 0.0280. The number of rotatable bonds is 4. The maximum atomic E-state index is 4.43. The summed E-state index contributed by atoms with van der Waals surface area (Å²) in [4.78, 5) is 2.14. The number of hydrogen-bond donors (Lipinski definition) is 1. The van der Waals surface area contributed by atoms with Crippen molar-refractivity contribution in [3.63, 3.8) is 0 Å². The lowest BCUT2D eigenvalue weighted by Crippen LogP contribution is -2.21. The molecule has 0 radical (unpaired) electrons. The van der Waals surface area contributed by atoms with E-state index < -0.39 is 0 Å². The van der Waals surface area contributed by atoms with E-state index in [-0.39, 0.29) is 5.54 Å². The topological polar surface area (TPSA) is 33.1 Å². The van der Waals surface area contributed by atoms with Crippen LogP contribution in [0.1, 0.15) is 31.9 Å². The number of anilines is 2. The molecule has 21 heavy (non-hydrogen) atoms. The third-order valence-electron chi connectivity index (χ3n) is 3.51. The Hall–Kier alpha value is -1.97. The van der Waals surface area contributed by atoms with Gasteiger partial charge in [-0.15, -0.1) is 0 Å². The normalized spacial score (nSPS) is 11.5. The highest BCUT2D eigenvalue weighted by molar-refractivity contribution is 5.61. The van der Waals surface area contributed by atoms with E-state index in [1.807, 2.05) is 10.9 Å². The zero-order valence-electron chi connectivity index (χ0n) is 13.9. The average molecular weight is 286 g/mol. The molecule has 0 aliphatic heterocycles. The first-order valence-corrected chi connectivity index (χ1v) is 7.33. The predicted octanol–water partition coefficient (Wildman–Crippen LogP) is 3.62. The summed E-state index contributed by atoms with van der Waals surface area (Å²) in [6.07, 6.45) is 4.04. The van der Waals surface area contributed by atoms with Crippen molar-refractivity contribution in [2.45, 2.75) is 39.8 Å². The van der Waals surface area contributed by atoms with Gasteiger partial charge in [0.05, 0.1) is 11.7 Å². The van der Waals surface area contributed by atoms with Gasteiger partial charge in [0.15, 0.2) is 0 Å². The van der Waals surface area contributed by atoms with Gasteiger partial charge < -0.3 is 10.2 Å². The molecule has 0 bridgehead atoms. The van der Waals surface area contributed by atoms with Crippen LogP contribution in [0.3, 0.4) is 0 Å². The van der Waals surface area contributed by atoms with Crippen molar-refractivity contribution < 1.29 is 0 Å². The van der Waals surface area contributed by atoms with Crippen LogP contribution in [0.4, 0.5) is 11.4 Å². The van der Waals surface area contributed by atoms with Gasteiger partial charge in [0.1, 0.15) is 0 Å². The molecule has 0 atom stereocenters. The first-order chi connectivity index (χ1) is 9.77. The molecule has 0 aliphatic rings. The number of nitrogens with one attached hydrogen (secondary N) is 1. The first-order valence-electron chi connectivity index (χ1n) is 7.33. The minimum atomic E-state index is 0.0280. The van der Waals surface area contributed by atoms with Gasteiger partial charge in [-0.05, 0) is 45.4 Å². The highest BCUT2D eigenvalue weighted by atomic mass is 15.3. The van der Waals surface area contributed by atoms with E-state index in [9.17, 15) is 0 Å². The largest absolute Gasteiger partial charge is 0.381 e. The Morgan fingerprint density at radius 2 is 1.95 bits per heavy atom. The van der Waals surface area contributed by atoms with E-state index in [2.05, 4.69) is 81.5 Å². The van der Waals surface area contributed by atoms with Gasteiger partial charge in [-0.1, -0.05) is 6.07 Å². The lowest BCUT2D eigenvalue weighted by atomic mass is 10.1. The Balaban J connectivity index is 2.06. The van der Waals surface area contributed by atoms with Crippen molar-refractivity contribution in [2.24, 2.45) is 0 Å². The summed E-state index contributed by atoms with van der Waals surface area (Å²) in [6.45, 7) is 9.38. The molecule has 2 aromatic rings. The van der Waals surface area contributed by atoms with E-state index >= 15 is 0 Å². The number of aromatic nitrogens is 2. The molecule has 0 saturated carbocycles. The summed E-state index contributed by atoms with van der Waals surface area (Å²) in [5.41, 5.74) is 4.88. The zero-order valence-corrected chi connectivity index (χ0v) is 13.9. The van der Waals surface area contributed by atoms with E-state index in [1.165, 1.54) is 16.8 Å². The molecule has 0 amide bonds. The second-order valence-electron chi connectivity index (χ2n) is 6.71. The molecule has 4 heteroatoms. The fourth-order valence-electron chi connectivity index (χ4n) is 2.22. The van der Waals surface area contributed by atoms with E-state index in [0.29, 0.717) is 0 Å². The van der Waals surface area contributed by atoms with Crippen LogP contribution < -0.4 is 10.2 Å². The first kappa shape index (κ1) is 15.4. The molecular weight excluding hydrogens is 260 g/mol. The molecule has 0 aliphatic carbocycles. The molecule has 1 heterocycles. The molecular formula is C17H26N4. The van der Waals surface area contributed by atoms with Gasteiger partial charge in [-0.3, -0.25) is 4.68 Å². The molecule has 0 fully saturated rings. The van der Waals surface area contributed by atoms with Gasteiger partial charge in [0.25, 0.3) is 0 Å². The third-order valence-corrected chi connectivity index (χ3v) is 3.51. The van der Waals surface area contributed by atoms with Crippen LogP contribution in [0.25, 0.3) is 0 Å². The number of benzene rings is 1. The van der Waals surface area contributed by atoms with Crippen LogP contribution in [-0.2, 0) is 12.1 Å². The van der Waals surface area contributed by atoms with Crippen LogP contribution in [0.15, 0.2) is 30.6 Å². The molecule has 1 N–H and O–H groups in total. The molecule has 1 aromatic heterocycles. The van der Waals surface area contributed by atoms with E-state index in [1.54, 1.807) is 0 Å². The van der Waals surface area contributed by atoms with Crippen molar-refractivity contribution in [1.82, 2.24) is 9.78 Å². The Morgan fingerprint density at radius 3 is 2.52 bits per heavy atom. The van der Waals surface area contributed by atoms with E-state index in [4.69, 9.17) is 0 Å². The molecule has 0 unspecified atom stereocenters. The van der Waals surface area contributed by atoms with Crippen LogP contribution in [0.5, 0.6) is 0 Å². The number of nitrogens with zero attached hydrogens (tertiary/aromatic N) is 3. The van der Waals surface area contributed by atoms with Crippen LogP contribution in [-0.4, -0.2) is 23.9 Å². The molecule has 4 nitrogen and oxygen atoms in total. The monoisotopic (exact) mass is 286 g/mol. The number of hydrogen-bond acceptors (Lipinski definition) is 3. The molecule has 2 rings (SSSR count). The fourth-order valence-corrected chi connectivity index (χ4v) is 2.22. The van der Waals surface area contributed by atoms with E-state index in [0.717, 1.165) is 12.2 Å². The molecule has 114 valence electrons. The lowest BCUT2D eigenvalue weighted by molar-refractivity contribution is 0.355. The summed E-state index contributed by atoms with van der Waals surface area (Å²) in [6, 6.07) is 6.45. The maximum Gasteiger partial charge on any atom is 0.0543 e. The van der Waals surface area contributed by atoms with Crippen LogP contribution in [0, 0.1) is 6.92 Å². The highest BCUT2D eigenvalue weighted by Crippen LogP contribution is 2.23. The van der Waals surface area contributed by atoms with Crippen molar-refractivity contribution in [3.05, 3.63) is 41.7 Å². The molecule has 0 spiro atoms. The SMILES string of the molecule is Cc1ccc(NCc2cnn(C(C)(C)C)c2)cc1N(C)C. The predicted molar refractivity (Wildman–Crippen MR) is 90.1 cm³/mol. The highest BCUT2D eigenvalue weighted by Gasteiger charge is 2.13. The fraction of sp³-hybridized carbons (Fsp3) is 0.471. The van der Waals surface area contributed by atoms with Gasteiger partial charge in [-0.25, -0.2) is 0 Å². The van der Waals surface area contributed by atoms with Crippen molar-refractivity contribution >= 4 is 11.4 Å². The Bertz CT molecular complexity index is 605. The van der Waals surface area contributed by atoms with Gasteiger partial charge in [-0.2, -0.15) is 5.10 Å².